The van der Waals surface area contributed by atoms with Crippen molar-refractivity contribution < 1.29 is 8.78 Å². The first kappa shape index (κ1) is 11.9. The first-order valence-electron chi connectivity index (χ1n) is 4.71. The van der Waals surface area contributed by atoms with Crippen LogP contribution in [-0.4, -0.2) is 5.92 Å². The van der Waals surface area contributed by atoms with Crippen molar-refractivity contribution in [1.82, 2.24) is 0 Å². The third kappa shape index (κ3) is 4.68. The summed E-state index contributed by atoms with van der Waals surface area (Å²) in [7, 11) is 0. The molecule has 0 radical (unpaired) electrons. The molecule has 0 amide bonds. The topological polar surface area (TPSA) is 0 Å². The Balaban J connectivity index is 4.14. The molecule has 0 aromatic heterocycles. The van der Waals surface area contributed by atoms with Crippen molar-refractivity contribution in [2.24, 2.45) is 5.41 Å². The number of alkyl halides is 2. The molecule has 0 N–H and O–H groups in total. The average molecular weight is 178 g/mol. The normalized spacial score (nSPS) is 17.5. The molecule has 1 atom stereocenters. The molecule has 0 fully saturated rings. The summed E-state index contributed by atoms with van der Waals surface area (Å²) in [5.41, 5.74) is -0.174. The molecule has 74 valence electrons. The van der Waals surface area contributed by atoms with Gasteiger partial charge in [-0.1, -0.05) is 33.6 Å². The van der Waals surface area contributed by atoms with Crippen LogP contribution in [0.2, 0.25) is 0 Å². The SMILES string of the molecule is CCCC(C)(CC)CC(C)(F)F. The number of hydrogen-bond donors (Lipinski definition) is 0. The summed E-state index contributed by atoms with van der Waals surface area (Å²) in [5, 5.41) is 0. The second-order valence-electron chi connectivity index (χ2n) is 4.16. The zero-order valence-electron chi connectivity index (χ0n) is 8.58. The summed E-state index contributed by atoms with van der Waals surface area (Å²) in [6, 6.07) is 0. The minimum absolute atomic E-state index is 0.0182. The van der Waals surface area contributed by atoms with Crippen LogP contribution < -0.4 is 0 Å². The monoisotopic (exact) mass is 178 g/mol. The summed E-state index contributed by atoms with van der Waals surface area (Å²) in [6.07, 6.45) is 2.74. The smallest absolute Gasteiger partial charge is 0.207 e. The predicted molar refractivity (Wildman–Crippen MR) is 48.5 cm³/mol. The molecule has 0 spiro atoms. The van der Waals surface area contributed by atoms with E-state index >= 15 is 0 Å². The quantitative estimate of drug-likeness (QED) is 0.590. The van der Waals surface area contributed by atoms with Crippen LogP contribution in [0.25, 0.3) is 0 Å². The lowest BCUT2D eigenvalue weighted by molar-refractivity contribution is -0.0287. The molecular formula is C10H20F2. The third-order valence-corrected chi connectivity index (χ3v) is 2.44. The van der Waals surface area contributed by atoms with Crippen LogP contribution in [0.5, 0.6) is 0 Å². The minimum Gasteiger partial charge on any atom is -0.207 e. The lowest BCUT2D eigenvalue weighted by atomic mass is 9.78. The fourth-order valence-electron chi connectivity index (χ4n) is 1.74. The molecular weight excluding hydrogens is 158 g/mol. The molecule has 2 heteroatoms. The molecule has 0 saturated carbocycles. The Hall–Kier alpha value is -0.140. The zero-order chi connectivity index (χ0) is 9.83. The van der Waals surface area contributed by atoms with Crippen molar-refractivity contribution in [3.05, 3.63) is 0 Å². The molecule has 0 aliphatic carbocycles. The van der Waals surface area contributed by atoms with Crippen LogP contribution >= 0.6 is 0 Å². The summed E-state index contributed by atoms with van der Waals surface area (Å²) in [4.78, 5) is 0. The average Bonchev–Trinajstić information content (AvgIpc) is 1.84. The molecule has 0 aromatic rings. The van der Waals surface area contributed by atoms with Crippen LogP contribution in [0, 0.1) is 5.41 Å². The lowest BCUT2D eigenvalue weighted by Gasteiger charge is -2.30. The van der Waals surface area contributed by atoms with Crippen LogP contribution in [0.15, 0.2) is 0 Å². The second-order valence-corrected chi connectivity index (χ2v) is 4.16. The van der Waals surface area contributed by atoms with Crippen molar-refractivity contribution >= 4 is 0 Å². The Kier molecular flexibility index (Phi) is 4.15. The van der Waals surface area contributed by atoms with E-state index in [0.717, 1.165) is 26.2 Å². The zero-order valence-corrected chi connectivity index (χ0v) is 8.58. The summed E-state index contributed by atoms with van der Waals surface area (Å²) in [5.74, 6) is -2.51. The van der Waals surface area contributed by atoms with Gasteiger partial charge in [-0.15, -0.1) is 0 Å². The Morgan fingerprint density at radius 3 is 1.83 bits per heavy atom. The maximum absolute atomic E-state index is 12.7. The summed E-state index contributed by atoms with van der Waals surface area (Å²) in [6.45, 7) is 6.99. The summed E-state index contributed by atoms with van der Waals surface area (Å²) >= 11 is 0. The van der Waals surface area contributed by atoms with E-state index in [2.05, 4.69) is 0 Å². The van der Waals surface area contributed by atoms with Gasteiger partial charge in [0.25, 0.3) is 0 Å². The molecule has 1 unspecified atom stereocenters. The van der Waals surface area contributed by atoms with E-state index in [-0.39, 0.29) is 11.8 Å². The van der Waals surface area contributed by atoms with Crippen LogP contribution in [-0.2, 0) is 0 Å². The van der Waals surface area contributed by atoms with Gasteiger partial charge in [-0.3, -0.25) is 0 Å². The van der Waals surface area contributed by atoms with Gasteiger partial charge in [-0.05, 0) is 18.8 Å². The van der Waals surface area contributed by atoms with Gasteiger partial charge in [0.2, 0.25) is 5.92 Å². The van der Waals surface area contributed by atoms with Crippen molar-refractivity contribution in [3.8, 4) is 0 Å². The largest absolute Gasteiger partial charge is 0.245 e. The molecule has 0 rings (SSSR count). The minimum atomic E-state index is -2.51. The van der Waals surface area contributed by atoms with E-state index in [1.807, 2.05) is 20.8 Å². The molecule has 0 aliphatic heterocycles. The van der Waals surface area contributed by atoms with Crippen molar-refractivity contribution in [1.29, 1.82) is 0 Å². The lowest BCUT2D eigenvalue weighted by Crippen LogP contribution is -2.25. The first-order valence-corrected chi connectivity index (χ1v) is 4.71. The first-order chi connectivity index (χ1) is 5.33. The standard InChI is InChI=1S/C10H20F2/c1-5-7-9(3,6-2)8-10(4,11)12/h5-8H2,1-4H3. The van der Waals surface area contributed by atoms with Gasteiger partial charge < -0.3 is 0 Å². The van der Waals surface area contributed by atoms with Gasteiger partial charge >= 0.3 is 0 Å². The van der Waals surface area contributed by atoms with Crippen LogP contribution in [0.1, 0.15) is 53.4 Å². The van der Waals surface area contributed by atoms with E-state index < -0.39 is 5.92 Å². The number of rotatable bonds is 5. The van der Waals surface area contributed by atoms with E-state index in [1.54, 1.807) is 0 Å². The van der Waals surface area contributed by atoms with Crippen LogP contribution in [0.4, 0.5) is 8.78 Å². The maximum atomic E-state index is 12.7. The fourth-order valence-corrected chi connectivity index (χ4v) is 1.74. The number of hydrogen-bond acceptors (Lipinski definition) is 0. The number of halogens is 2. The van der Waals surface area contributed by atoms with E-state index in [9.17, 15) is 8.78 Å². The van der Waals surface area contributed by atoms with Gasteiger partial charge in [0, 0.05) is 6.42 Å². The highest BCUT2D eigenvalue weighted by atomic mass is 19.3. The van der Waals surface area contributed by atoms with Gasteiger partial charge in [-0.2, -0.15) is 0 Å². The van der Waals surface area contributed by atoms with Gasteiger partial charge in [0.15, 0.2) is 0 Å². The molecule has 0 saturated heterocycles. The predicted octanol–water partition coefficient (Wildman–Crippen LogP) is 4.25. The third-order valence-electron chi connectivity index (χ3n) is 2.44. The Morgan fingerprint density at radius 2 is 1.58 bits per heavy atom. The molecule has 0 aliphatic rings. The van der Waals surface area contributed by atoms with Crippen molar-refractivity contribution in [2.45, 2.75) is 59.3 Å². The summed E-state index contributed by atoms with van der Waals surface area (Å²) < 4.78 is 25.5. The van der Waals surface area contributed by atoms with Gasteiger partial charge in [-0.25, -0.2) is 8.78 Å². The second kappa shape index (κ2) is 4.20. The van der Waals surface area contributed by atoms with Gasteiger partial charge in [0.05, 0.1) is 0 Å². The Bertz CT molecular complexity index is 126. The van der Waals surface area contributed by atoms with Gasteiger partial charge in [0.1, 0.15) is 0 Å². The highest BCUT2D eigenvalue weighted by Gasteiger charge is 2.33. The molecule has 0 nitrogen and oxygen atoms in total. The highest BCUT2D eigenvalue weighted by molar-refractivity contribution is 4.77. The molecule has 0 bridgehead atoms. The van der Waals surface area contributed by atoms with E-state index in [1.165, 1.54) is 0 Å². The van der Waals surface area contributed by atoms with Crippen molar-refractivity contribution in [2.75, 3.05) is 0 Å². The van der Waals surface area contributed by atoms with Crippen molar-refractivity contribution in [3.63, 3.8) is 0 Å². The van der Waals surface area contributed by atoms with E-state index in [0.29, 0.717) is 0 Å². The molecule has 0 heterocycles. The van der Waals surface area contributed by atoms with E-state index in [4.69, 9.17) is 0 Å². The Morgan fingerprint density at radius 1 is 1.08 bits per heavy atom. The van der Waals surface area contributed by atoms with Crippen LogP contribution in [0.3, 0.4) is 0 Å². The maximum Gasteiger partial charge on any atom is 0.245 e. The Labute approximate surface area is 74.4 Å². The fraction of sp³-hybridized carbons (Fsp3) is 1.00. The molecule has 0 aromatic carbocycles. The highest BCUT2D eigenvalue weighted by Crippen LogP contribution is 2.38. The molecule has 12 heavy (non-hydrogen) atoms.